The van der Waals surface area contributed by atoms with E-state index in [0.717, 1.165) is 39.5 Å². The first-order valence-corrected chi connectivity index (χ1v) is 10.5. The molecule has 1 aliphatic carbocycles. The fourth-order valence-electron chi connectivity index (χ4n) is 3.25. The Labute approximate surface area is 182 Å². The van der Waals surface area contributed by atoms with E-state index in [9.17, 15) is 30.1 Å². The molecule has 12 heteroatoms. The van der Waals surface area contributed by atoms with E-state index in [0.29, 0.717) is 22.9 Å². The number of carboxylic acid groups (broad SMARTS) is 1. The molecule has 0 unspecified atom stereocenters. The Hall–Kier alpha value is -3.51. The molecular weight excluding hydrogens is 446 g/mol. The van der Waals surface area contributed by atoms with Crippen LogP contribution < -0.4 is 9.84 Å². The highest BCUT2D eigenvalue weighted by Gasteiger charge is 2.26. The lowest BCUT2D eigenvalue weighted by Crippen LogP contribution is -2.29. The molecule has 0 saturated carbocycles. The van der Waals surface area contributed by atoms with Gasteiger partial charge in [0.25, 0.3) is 11.4 Å². The third-order valence-electron chi connectivity index (χ3n) is 4.56. The van der Waals surface area contributed by atoms with Gasteiger partial charge >= 0.3 is 0 Å². The molecule has 0 saturated heterocycles. The van der Waals surface area contributed by atoms with Crippen molar-refractivity contribution in [1.82, 2.24) is 4.98 Å². The van der Waals surface area contributed by atoms with Crippen LogP contribution in [0.25, 0.3) is 11.3 Å². The molecular formula is C19H12N3O7S2-. The molecule has 0 radical (unpaired) electrons. The lowest BCUT2D eigenvalue weighted by atomic mass is 9.93. The van der Waals surface area contributed by atoms with E-state index in [1.165, 1.54) is 23.5 Å². The number of hydrogen-bond donors (Lipinski definition) is 0. The Balaban J connectivity index is 1.66. The molecule has 0 bridgehead atoms. The van der Waals surface area contributed by atoms with Gasteiger partial charge in [-0.2, -0.15) is 0 Å². The van der Waals surface area contributed by atoms with Gasteiger partial charge in [0.15, 0.2) is 4.34 Å². The minimum absolute atomic E-state index is 0.257. The maximum Gasteiger partial charge on any atom is 0.290 e. The first-order valence-electron chi connectivity index (χ1n) is 8.88. The van der Waals surface area contributed by atoms with Crippen molar-refractivity contribution in [2.45, 2.75) is 22.1 Å². The van der Waals surface area contributed by atoms with Gasteiger partial charge in [-0.25, -0.2) is 4.98 Å². The monoisotopic (exact) mass is 458 g/mol. The van der Waals surface area contributed by atoms with Gasteiger partial charge in [0.05, 0.1) is 32.5 Å². The van der Waals surface area contributed by atoms with Crippen molar-refractivity contribution >= 4 is 40.4 Å². The molecule has 31 heavy (non-hydrogen) atoms. The molecule has 0 N–H and O–H groups in total. The number of carboxylic acids is 1. The van der Waals surface area contributed by atoms with Crippen molar-refractivity contribution < 1.29 is 24.5 Å². The zero-order chi connectivity index (χ0) is 22.1. The zero-order valence-electron chi connectivity index (χ0n) is 15.6. The molecule has 0 amide bonds. The van der Waals surface area contributed by atoms with Gasteiger partial charge < -0.3 is 14.6 Å². The van der Waals surface area contributed by atoms with Crippen LogP contribution in [0.1, 0.15) is 10.4 Å². The quantitative estimate of drug-likeness (QED) is 0.384. The Morgan fingerprint density at radius 1 is 1.16 bits per heavy atom. The first-order chi connectivity index (χ1) is 14.8. The van der Waals surface area contributed by atoms with Crippen LogP contribution in [0, 0.1) is 20.2 Å². The molecule has 158 valence electrons. The highest BCUT2D eigenvalue weighted by molar-refractivity contribution is 8.01. The fraction of sp³-hybridized carbons (Fsp3) is 0.158. The molecule has 1 aliphatic rings. The summed E-state index contributed by atoms with van der Waals surface area (Å²) in [5.74, 6) is -0.855. The predicted octanol–water partition coefficient (Wildman–Crippen LogP) is 3.01. The van der Waals surface area contributed by atoms with Crippen LogP contribution in [-0.4, -0.2) is 27.4 Å². The van der Waals surface area contributed by atoms with E-state index in [-0.39, 0.29) is 16.3 Å². The second kappa shape index (κ2) is 8.32. The smallest absolute Gasteiger partial charge is 0.290 e. The average molecular weight is 458 g/mol. The topological polar surface area (TPSA) is 149 Å². The van der Waals surface area contributed by atoms with Crippen molar-refractivity contribution in [2.75, 3.05) is 6.61 Å². The molecule has 1 heterocycles. The summed E-state index contributed by atoms with van der Waals surface area (Å²) in [4.78, 5) is 37.6. The lowest BCUT2D eigenvalue weighted by Gasteiger charge is -2.19. The minimum Gasteiger partial charge on any atom is -0.546 e. The van der Waals surface area contributed by atoms with Crippen LogP contribution in [0.2, 0.25) is 0 Å². The van der Waals surface area contributed by atoms with E-state index in [2.05, 4.69) is 4.98 Å². The van der Waals surface area contributed by atoms with Gasteiger partial charge in [-0.1, -0.05) is 23.9 Å². The van der Waals surface area contributed by atoms with Crippen LogP contribution in [-0.2, 0) is 17.6 Å². The van der Waals surface area contributed by atoms with Gasteiger partial charge in [-0.3, -0.25) is 20.2 Å². The average Bonchev–Trinajstić information content (AvgIpc) is 3.15. The summed E-state index contributed by atoms with van der Waals surface area (Å²) in [5, 5.41) is 33.0. The number of benzene rings is 2. The molecule has 3 aromatic rings. The number of non-ortho nitro benzene ring substituents is 1. The highest BCUT2D eigenvalue weighted by Crippen LogP contribution is 2.45. The van der Waals surface area contributed by atoms with Crippen molar-refractivity contribution in [3.63, 3.8) is 0 Å². The normalized spacial score (nSPS) is 12.0. The first kappa shape index (κ1) is 20.8. The third-order valence-corrected chi connectivity index (χ3v) is 6.80. The Morgan fingerprint density at radius 2 is 1.97 bits per heavy atom. The van der Waals surface area contributed by atoms with E-state index in [1.54, 1.807) is 12.1 Å². The van der Waals surface area contributed by atoms with Gasteiger partial charge in [0, 0.05) is 22.1 Å². The number of thiazole rings is 1. The maximum absolute atomic E-state index is 11.4. The molecule has 10 nitrogen and oxygen atoms in total. The van der Waals surface area contributed by atoms with Crippen LogP contribution in [0.4, 0.5) is 11.4 Å². The van der Waals surface area contributed by atoms with Crippen molar-refractivity contribution in [2.24, 2.45) is 0 Å². The van der Waals surface area contributed by atoms with Crippen LogP contribution in [0.15, 0.2) is 45.6 Å². The van der Waals surface area contributed by atoms with Crippen molar-refractivity contribution in [1.29, 1.82) is 0 Å². The number of carbonyl (C=O) groups is 1. The van der Waals surface area contributed by atoms with Crippen LogP contribution >= 0.6 is 23.1 Å². The Kier molecular flexibility index (Phi) is 5.57. The minimum atomic E-state index is -1.31. The van der Waals surface area contributed by atoms with Gasteiger partial charge in [-0.05, 0) is 25.0 Å². The lowest BCUT2D eigenvalue weighted by molar-refractivity contribution is -0.396. The number of aliphatic carboxylic acids is 1. The standard InChI is InChI=1S/C19H13N3O7S2/c23-17(24)9-29-14-3-1-2-12-11(14)5-7-16-18(12)20-19(31-16)30-15-6-4-10(21(25)26)8-13(15)22(27)28/h1-4,6,8H,5,7,9H2,(H,23,24)/p-1. The number of ether oxygens (including phenoxy) is 1. The number of aromatic nitrogens is 1. The van der Waals surface area contributed by atoms with E-state index in [4.69, 9.17) is 4.74 Å². The second-order valence-electron chi connectivity index (χ2n) is 6.46. The fourth-order valence-corrected chi connectivity index (χ4v) is 5.49. The number of fused-ring (bicyclic) bond motifs is 3. The summed E-state index contributed by atoms with van der Waals surface area (Å²) in [5.41, 5.74) is 1.67. The number of hydrogen-bond acceptors (Lipinski definition) is 10. The maximum atomic E-state index is 11.4. The van der Waals surface area contributed by atoms with Crippen LogP contribution in [0.3, 0.4) is 0 Å². The molecule has 0 aliphatic heterocycles. The summed E-state index contributed by atoms with van der Waals surface area (Å²) in [6.45, 7) is -0.550. The van der Waals surface area contributed by atoms with Crippen molar-refractivity contribution in [3.8, 4) is 17.0 Å². The van der Waals surface area contributed by atoms with E-state index in [1.807, 2.05) is 6.07 Å². The zero-order valence-corrected chi connectivity index (χ0v) is 17.2. The SMILES string of the molecule is O=C([O-])COc1cccc2c1CCc1sc(Sc3ccc([N+](=O)[O-])cc3[N+](=O)[O-])nc1-2. The van der Waals surface area contributed by atoms with Gasteiger partial charge in [0.2, 0.25) is 0 Å². The molecule has 1 aromatic heterocycles. The van der Waals surface area contributed by atoms with E-state index < -0.39 is 22.4 Å². The largest absolute Gasteiger partial charge is 0.546 e. The third kappa shape index (κ3) is 4.20. The van der Waals surface area contributed by atoms with Gasteiger partial charge in [0.1, 0.15) is 12.4 Å². The number of nitro groups is 2. The van der Waals surface area contributed by atoms with Gasteiger partial charge in [-0.15, -0.1) is 11.3 Å². The highest BCUT2D eigenvalue weighted by atomic mass is 32.2. The number of nitro benzene ring substituents is 2. The van der Waals surface area contributed by atoms with Crippen molar-refractivity contribution in [3.05, 3.63) is 67.1 Å². The summed E-state index contributed by atoms with van der Waals surface area (Å²) in [6, 6.07) is 8.80. The van der Waals surface area contributed by atoms with Crippen LogP contribution in [0.5, 0.6) is 5.75 Å². The Bertz CT molecular complexity index is 1230. The predicted molar refractivity (Wildman–Crippen MR) is 109 cm³/mol. The number of carbonyl (C=O) groups excluding carboxylic acids is 1. The molecule has 0 fully saturated rings. The molecule has 4 rings (SSSR count). The summed E-state index contributed by atoms with van der Waals surface area (Å²) >= 11 is 2.47. The Morgan fingerprint density at radius 3 is 2.68 bits per heavy atom. The molecule has 0 atom stereocenters. The number of nitrogens with zero attached hydrogens (tertiary/aromatic N) is 3. The summed E-state index contributed by atoms with van der Waals surface area (Å²) in [7, 11) is 0. The molecule has 2 aromatic carbocycles. The molecule has 0 spiro atoms. The second-order valence-corrected chi connectivity index (χ2v) is 8.84. The van der Waals surface area contributed by atoms with E-state index >= 15 is 0 Å². The number of aryl methyl sites for hydroxylation is 1. The summed E-state index contributed by atoms with van der Waals surface area (Å²) < 4.78 is 5.90. The number of rotatable bonds is 7. The summed E-state index contributed by atoms with van der Waals surface area (Å²) in [6.07, 6.45) is 1.30.